The molecule has 5 heteroatoms. The van der Waals surface area contributed by atoms with Gasteiger partial charge in [0.15, 0.2) is 4.77 Å². The Morgan fingerprint density at radius 3 is 2.50 bits per heavy atom. The molecule has 0 aliphatic heterocycles. The maximum absolute atomic E-state index is 11.7. The number of imidazole rings is 1. The Labute approximate surface area is 101 Å². The molecule has 0 bridgehead atoms. The van der Waals surface area contributed by atoms with Gasteiger partial charge in [-0.05, 0) is 12.2 Å². The minimum Gasteiger partial charge on any atom is -0.347 e. The molecule has 0 aromatic carbocycles. The van der Waals surface area contributed by atoms with Crippen LogP contribution in [-0.4, -0.2) is 34.5 Å². The summed E-state index contributed by atoms with van der Waals surface area (Å²) >= 11 is 5.18. The summed E-state index contributed by atoms with van der Waals surface area (Å²) in [6.45, 7) is 6.59. The van der Waals surface area contributed by atoms with Crippen LogP contribution in [0.4, 0.5) is 0 Å². The number of rotatable bonds is 2. The highest BCUT2D eigenvalue weighted by Crippen LogP contribution is 2.22. The normalized spacial score (nSPS) is 11.6. The van der Waals surface area contributed by atoms with E-state index in [1.165, 1.54) is 0 Å². The molecule has 0 fully saturated rings. The van der Waals surface area contributed by atoms with Crippen molar-refractivity contribution >= 4 is 18.1 Å². The van der Waals surface area contributed by atoms with E-state index in [4.69, 9.17) is 12.2 Å². The Kier molecular flexibility index (Phi) is 3.57. The van der Waals surface area contributed by atoms with Gasteiger partial charge in [-0.2, -0.15) is 0 Å². The molecule has 0 spiro atoms. The number of aromatic nitrogens is 2. The van der Waals surface area contributed by atoms with Crippen molar-refractivity contribution in [3.05, 3.63) is 16.7 Å². The fourth-order valence-electron chi connectivity index (χ4n) is 1.45. The summed E-state index contributed by atoms with van der Waals surface area (Å²) in [5, 5.41) is 0. The molecule has 0 atom stereocenters. The van der Waals surface area contributed by atoms with E-state index < -0.39 is 0 Å². The zero-order chi connectivity index (χ0) is 12.5. The number of hydrogen-bond donors (Lipinski definition) is 1. The van der Waals surface area contributed by atoms with Gasteiger partial charge in [-0.25, -0.2) is 0 Å². The van der Waals surface area contributed by atoms with Crippen LogP contribution in [-0.2, 0) is 16.8 Å². The van der Waals surface area contributed by atoms with E-state index in [1.54, 1.807) is 19.0 Å². The van der Waals surface area contributed by atoms with Gasteiger partial charge in [0.2, 0.25) is 5.91 Å². The monoisotopic (exact) mass is 241 g/mol. The van der Waals surface area contributed by atoms with Gasteiger partial charge in [-0.15, -0.1) is 0 Å². The second kappa shape index (κ2) is 4.41. The van der Waals surface area contributed by atoms with Crippen molar-refractivity contribution in [2.75, 3.05) is 14.1 Å². The number of likely N-dealkylation sites (N-methyl/N-ethyl adjacent to an activating group) is 1. The maximum atomic E-state index is 11.7. The van der Waals surface area contributed by atoms with Crippen molar-refractivity contribution in [3.8, 4) is 0 Å². The molecular weight excluding hydrogens is 222 g/mol. The summed E-state index contributed by atoms with van der Waals surface area (Å²) < 4.78 is 2.46. The van der Waals surface area contributed by atoms with E-state index >= 15 is 0 Å². The number of aromatic amines is 1. The Hall–Kier alpha value is -1.10. The van der Waals surface area contributed by atoms with Gasteiger partial charge in [0.1, 0.15) is 6.54 Å². The van der Waals surface area contributed by atoms with E-state index in [0.29, 0.717) is 11.3 Å². The van der Waals surface area contributed by atoms with Gasteiger partial charge in [-0.1, -0.05) is 20.8 Å². The highest BCUT2D eigenvalue weighted by Gasteiger charge is 2.20. The van der Waals surface area contributed by atoms with Gasteiger partial charge in [0.25, 0.3) is 0 Å². The third kappa shape index (κ3) is 2.72. The second-order valence-electron chi connectivity index (χ2n) is 5.10. The third-order valence-corrected chi connectivity index (χ3v) is 2.77. The minimum absolute atomic E-state index is 0.0276. The number of nitrogens with zero attached hydrogens (tertiary/aromatic N) is 2. The first kappa shape index (κ1) is 13.0. The third-order valence-electron chi connectivity index (χ3n) is 2.43. The van der Waals surface area contributed by atoms with E-state index in [2.05, 4.69) is 25.8 Å². The molecule has 0 radical (unpaired) electrons. The standard InChI is InChI=1S/C11H19N3OS/c1-11(2,3)8-6-12-10(16)14(8)7-9(15)13(4)5/h6H,7H2,1-5H3,(H,12,16). The van der Waals surface area contributed by atoms with E-state index in [-0.39, 0.29) is 11.3 Å². The fourth-order valence-corrected chi connectivity index (χ4v) is 1.67. The van der Waals surface area contributed by atoms with Crippen molar-refractivity contribution in [2.45, 2.75) is 32.7 Å². The molecule has 1 N–H and O–H groups in total. The number of carbonyl (C=O) groups excluding carboxylic acids is 1. The lowest BCUT2D eigenvalue weighted by Gasteiger charge is -2.21. The summed E-state index contributed by atoms with van der Waals surface area (Å²) in [5.74, 6) is 0.0428. The Morgan fingerprint density at radius 1 is 1.50 bits per heavy atom. The zero-order valence-electron chi connectivity index (χ0n) is 10.5. The number of hydrogen-bond acceptors (Lipinski definition) is 2. The van der Waals surface area contributed by atoms with Crippen LogP contribution in [0.2, 0.25) is 0 Å². The first-order valence-corrected chi connectivity index (χ1v) is 5.63. The average molecular weight is 241 g/mol. The van der Waals surface area contributed by atoms with Gasteiger partial charge >= 0.3 is 0 Å². The van der Waals surface area contributed by atoms with Crippen molar-refractivity contribution in [2.24, 2.45) is 0 Å². The fraction of sp³-hybridized carbons (Fsp3) is 0.636. The molecule has 1 heterocycles. The van der Waals surface area contributed by atoms with Crippen LogP contribution in [0.15, 0.2) is 6.20 Å². The summed E-state index contributed by atoms with van der Waals surface area (Å²) in [6.07, 6.45) is 1.88. The summed E-state index contributed by atoms with van der Waals surface area (Å²) in [6, 6.07) is 0. The summed E-state index contributed by atoms with van der Waals surface area (Å²) in [5.41, 5.74) is 1.02. The Balaban J connectivity index is 3.09. The van der Waals surface area contributed by atoms with Gasteiger partial charge in [-0.3, -0.25) is 4.79 Å². The molecule has 1 aromatic heterocycles. The lowest BCUT2D eigenvalue weighted by atomic mass is 9.92. The van der Waals surface area contributed by atoms with Crippen LogP contribution < -0.4 is 0 Å². The average Bonchev–Trinajstić information content (AvgIpc) is 2.47. The molecule has 1 rings (SSSR count). The van der Waals surface area contributed by atoms with Crippen LogP contribution >= 0.6 is 12.2 Å². The molecule has 0 saturated carbocycles. The Morgan fingerprint density at radius 2 is 2.06 bits per heavy atom. The largest absolute Gasteiger partial charge is 0.347 e. The van der Waals surface area contributed by atoms with E-state index in [1.807, 2.05) is 10.8 Å². The quantitative estimate of drug-likeness (QED) is 0.804. The van der Waals surface area contributed by atoms with Crippen molar-refractivity contribution in [3.63, 3.8) is 0 Å². The van der Waals surface area contributed by atoms with Gasteiger partial charge in [0, 0.05) is 31.4 Å². The molecule has 0 aliphatic rings. The topological polar surface area (TPSA) is 41.0 Å². The predicted molar refractivity (Wildman–Crippen MR) is 67.0 cm³/mol. The number of carbonyl (C=O) groups is 1. The molecule has 1 aromatic rings. The molecular formula is C11H19N3OS. The molecule has 0 unspecified atom stereocenters. The number of H-pyrrole nitrogens is 1. The SMILES string of the molecule is CN(C)C(=O)Cn1c(C(C)(C)C)c[nH]c1=S. The molecule has 0 saturated heterocycles. The van der Waals surface area contributed by atoms with Crippen molar-refractivity contribution in [1.29, 1.82) is 0 Å². The molecule has 4 nitrogen and oxygen atoms in total. The van der Waals surface area contributed by atoms with Crippen LogP contribution in [0.25, 0.3) is 0 Å². The van der Waals surface area contributed by atoms with Crippen LogP contribution in [0.5, 0.6) is 0 Å². The molecule has 90 valence electrons. The number of amides is 1. The van der Waals surface area contributed by atoms with Crippen LogP contribution in [0.3, 0.4) is 0 Å². The first-order valence-electron chi connectivity index (χ1n) is 5.22. The van der Waals surface area contributed by atoms with Gasteiger partial charge in [0.05, 0.1) is 0 Å². The van der Waals surface area contributed by atoms with Crippen LogP contribution in [0.1, 0.15) is 26.5 Å². The van der Waals surface area contributed by atoms with Crippen LogP contribution in [0, 0.1) is 4.77 Å². The van der Waals surface area contributed by atoms with E-state index in [0.717, 1.165) is 5.69 Å². The summed E-state index contributed by atoms with van der Waals surface area (Å²) in [4.78, 5) is 16.3. The lowest BCUT2D eigenvalue weighted by Crippen LogP contribution is -2.29. The predicted octanol–water partition coefficient (Wildman–Crippen LogP) is 1.93. The van der Waals surface area contributed by atoms with Crippen molar-refractivity contribution in [1.82, 2.24) is 14.5 Å². The highest BCUT2D eigenvalue weighted by molar-refractivity contribution is 7.71. The molecule has 0 aliphatic carbocycles. The maximum Gasteiger partial charge on any atom is 0.242 e. The van der Waals surface area contributed by atoms with Crippen molar-refractivity contribution < 1.29 is 4.79 Å². The highest BCUT2D eigenvalue weighted by atomic mass is 32.1. The smallest absolute Gasteiger partial charge is 0.242 e. The Bertz CT molecular complexity index is 437. The zero-order valence-corrected chi connectivity index (χ0v) is 11.3. The van der Waals surface area contributed by atoms with Gasteiger partial charge < -0.3 is 14.5 Å². The second-order valence-corrected chi connectivity index (χ2v) is 5.49. The van der Waals surface area contributed by atoms with E-state index in [9.17, 15) is 4.79 Å². The molecule has 16 heavy (non-hydrogen) atoms. The minimum atomic E-state index is -0.0276. The first-order chi connectivity index (χ1) is 7.23. The number of nitrogens with one attached hydrogen (secondary N) is 1. The molecule has 1 amide bonds. The lowest BCUT2D eigenvalue weighted by molar-refractivity contribution is -0.129. The summed E-state index contributed by atoms with van der Waals surface area (Å²) in [7, 11) is 3.49.